The zero-order valence-electron chi connectivity index (χ0n) is 16.2. The molecule has 4 N–H and O–H groups in total. The Hall–Kier alpha value is -3.40. The molecule has 1 saturated heterocycles. The Labute approximate surface area is 182 Å². The van der Waals surface area contributed by atoms with Gasteiger partial charge < -0.3 is 16.0 Å². The van der Waals surface area contributed by atoms with Crippen molar-refractivity contribution in [2.45, 2.75) is 31.6 Å². The molecule has 31 heavy (non-hydrogen) atoms. The Morgan fingerprint density at radius 2 is 2.16 bits per heavy atom. The summed E-state index contributed by atoms with van der Waals surface area (Å²) in [7, 11) is 0. The Balaban J connectivity index is 1.37. The summed E-state index contributed by atoms with van der Waals surface area (Å²) in [5.74, 6) is 0.185. The van der Waals surface area contributed by atoms with Crippen molar-refractivity contribution in [3.05, 3.63) is 58.3 Å². The van der Waals surface area contributed by atoms with Crippen molar-refractivity contribution in [1.29, 1.82) is 0 Å². The molecule has 2 atom stereocenters. The van der Waals surface area contributed by atoms with Gasteiger partial charge in [0.2, 0.25) is 0 Å². The Bertz CT molecular complexity index is 1080. The average molecular weight is 444 g/mol. The number of carbonyl (C=O) groups excluding carboxylic acids is 2. The maximum atomic E-state index is 14.1. The highest BCUT2D eigenvalue weighted by atomic mass is 35.5. The van der Waals surface area contributed by atoms with Crippen molar-refractivity contribution in [1.82, 2.24) is 26.3 Å². The molecule has 3 amide bonds. The molecule has 0 aromatic heterocycles. The van der Waals surface area contributed by atoms with E-state index in [1.54, 1.807) is 23.4 Å². The molecule has 1 aliphatic carbocycles. The summed E-state index contributed by atoms with van der Waals surface area (Å²) in [6.07, 6.45) is 6.88. The van der Waals surface area contributed by atoms with Gasteiger partial charge in [-0.05, 0) is 37.1 Å². The number of amides is 3. The van der Waals surface area contributed by atoms with Crippen LogP contribution in [0.25, 0.3) is 0 Å². The van der Waals surface area contributed by atoms with Crippen molar-refractivity contribution < 1.29 is 14.0 Å². The van der Waals surface area contributed by atoms with Gasteiger partial charge in [-0.1, -0.05) is 11.6 Å². The predicted octanol–water partition coefficient (Wildman–Crippen LogP) is 1.54. The predicted molar refractivity (Wildman–Crippen MR) is 112 cm³/mol. The molecule has 3 aliphatic heterocycles. The molecule has 2 fully saturated rings. The van der Waals surface area contributed by atoms with Crippen LogP contribution in [0.1, 0.15) is 18.4 Å². The number of hydrogen-bond acceptors (Lipinski definition) is 6. The standard InChI is InChI=1S/C20H19ClFN7O2/c21-12-1-4-14(22)10(5-12)8-23-16-7-17(25-13-2-3-13)29-18(27-16)11(9-24-29)6-15-19(30)28-20(31)26-15/h1,4-7,9,11,13,18,23,27H,2-3,8H2,(H2,26,28,30,31)/b15-6-,25-17?. The van der Waals surface area contributed by atoms with Gasteiger partial charge in [0.25, 0.3) is 5.91 Å². The summed E-state index contributed by atoms with van der Waals surface area (Å²) in [5.41, 5.74) is 0.612. The van der Waals surface area contributed by atoms with E-state index in [0.717, 1.165) is 12.8 Å². The normalized spacial score (nSPS) is 27.2. The number of imide groups is 1. The van der Waals surface area contributed by atoms with Crippen LogP contribution < -0.4 is 21.3 Å². The number of hydrogen-bond donors (Lipinski definition) is 4. The molecule has 9 nitrogen and oxygen atoms in total. The number of halogens is 2. The number of carbonyl (C=O) groups is 2. The van der Waals surface area contributed by atoms with E-state index in [9.17, 15) is 14.0 Å². The number of rotatable bonds is 5. The largest absolute Gasteiger partial charge is 0.368 e. The van der Waals surface area contributed by atoms with Gasteiger partial charge in [0.15, 0.2) is 0 Å². The van der Waals surface area contributed by atoms with Crippen LogP contribution in [-0.2, 0) is 11.3 Å². The number of fused-ring (bicyclic) bond motifs is 1. The third kappa shape index (κ3) is 4.11. The lowest BCUT2D eigenvalue weighted by Gasteiger charge is -2.33. The number of nitrogens with one attached hydrogen (secondary N) is 4. The van der Waals surface area contributed by atoms with Gasteiger partial charge in [-0.2, -0.15) is 5.10 Å². The lowest BCUT2D eigenvalue weighted by atomic mass is 10.1. The number of urea groups is 1. The van der Waals surface area contributed by atoms with Gasteiger partial charge in [-0.3, -0.25) is 15.1 Å². The summed E-state index contributed by atoms with van der Waals surface area (Å²) in [4.78, 5) is 28.0. The van der Waals surface area contributed by atoms with Gasteiger partial charge >= 0.3 is 6.03 Å². The Kier molecular flexibility index (Phi) is 4.85. The molecule has 3 heterocycles. The minimum Gasteiger partial charge on any atom is -0.368 e. The fraction of sp³-hybridized carbons (Fsp3) is 0.300. The molecular formula is C20H19ClFN7O2. The first kappa shape index (κ1) is 19.6. The van der Waals surface area contributed by atoms with Crippen molar-refractivity contribution in [2.75, 3.05) is 0 Å². The van der Waals surface area contributed by atoms with Gasteiger partial charge in [0, 0.05) is 29.4 Å². The molecule has 1 saturated carbocycles. The maximum Gasteiger partial charge on any atom is 0.326 e. The smallest absolute Gasteiger partial charge is 0.326 e. The van der Waals surface area contributed by atoms with Crippen LogP contribution in [0.5, 0.6) is 0 Å². The van der Waals surface area contributed by atoms with E-state index in [0.29, 0.717) is 22.2 Å². The second-order valence-corrected chi connectivity index (χ2v) is 8.07. The second kappa shape index (κ2) is 7.69. The Morgan fingerprint density at radius 1 is 1.32 bits per heavy atom. The van der Waals surface area contributed by atoms with E-state index in [1.165, 1.54) is 12.1 Å². The van der Waals surface area contributed by atoms with Crippen LogP contribution in [0.15, 0.2) is 52.0 Å². The molecule has 1 aromatic carbocycles. The van der Waals surface area contributed by atoms with E-state index < -0.39 is 11.9 Å². The van der Waals surface area contributed by atoms with Gasteiger partial charge in [0.1, 0.15) is 29.3 Å². The molecule has 4 aliphatic rings. The summed E-state index contributed by atoms with van der Waals surface area (Å²) >= 11 is 5.98. The van der Waals surface area contributed by atoms with Crippen LogP contribution >= 0.6 is 11.6 Å². The van der Waals surface area contributed by atoms with Crippen molar-refractivity contribution >= 4 is 35.6 Å². The highest BCUT2D eigenvalue weighted by Crippen LogP contribution is 2.28. The van der Waals surface area contributed by atoms with Crippen molar-refractivity contribution in [2.24, 2.45) is 16.0 Å². The topological polar surface area (TPSA) is 110 Å². The fourth-order valence-electron chi connectivity index (χ4n) is 3.50. The first-order chi connectivity index (χ1) is 15.0. The van der Waals surface area contributed by atoms with Gasteiger partial charge in [-0.15, -0.1) is 0 Å². The summed E-state index contributed by atoms with van der Waals surface area (Å²) in [6, 6.07) is 4.12. The molecule has 0 bridgehead atoms. The van der Waals surface area contributed by atoms with E-state index in [-0.39, 0.29) is 36.2 Å². The molecule has 0 spiro atoms. The molecule has 160 valence electrons. The first-order valence-electron chi connectivity index (χ1n) is 9.87. The zero-order valence-corrected chi connectivity index (χ0v) is 17.0. The summed E-state index contributed by atoms with van der Waals surface area (Å²) in [5, 5.41) is 17.8. The molecular weight excluding hydrogens is 425 g/mol. The van der Waals surface area contributed by atoms with Crippen LogP contribution in [0.4, 0.5) is 9.18 Å². The molecule has 2 unspecified atom stereocenters. The third-order valence-electron chi connectivity index (χ3n) is 5.22. The van der Waals surface area contributed by atoms with Crippen LogP contribution in [0.2, 0.25) is 5.02 Å². The summed E-state index contributed by atoms with van der Waals surface area (Å²) in [6.45, 7) is 0.222. The average Bonchev–Trinajstić information content (AvgIpc) is 3.37. The van der Waals surface area contributed by atoms with E-state index in [1.807, 2.05) is 6.08 Å². The van der Waals surface area contributed by atoms with Gasteiger partial charge in [0.05, 0.1) is 12.0 Å². The minimum absolute atomic E-state index is 0.177. The Morgan fingerprint density at radius 3 is 2.90 bits per heavy atom. The van der Waals surface area contributed by atoms with Gasteiger partial charge in [-0.25, -0.2) is 14.2 Å². The molecule has 0 radical (unpaired) electrons. The van der Waals surface area contributed by atoms with E-state index in [4.69, 9.17) is 16.6 Å². The van der Waals surface area contributed by atoms with Crippen molar-refractivity contribution in [3.8, 4) is 0 Å². The number of hydrazone groups is 1. The highest BCUT2D eigenvalue weighted by molar-refractivity contribution is 6.30. The lowest BCUT2D eigenvalue weighted by Crippen LogP contribution is -2.52. The molecule has 11 heteroatoms. The monoisotopic (exact) mass is 443 g/mol. The lowest BCUT2D eigenvalue weighted by molar-refractivity contribution is -0.115. The van der Waals surface area contributed by atoms with Crippen LogP contribution in [-0.4, -0.2) is 41.2 Å². The number of nitrogens with zero attached hydrogens (tertiary/aromatic N) is 3. The minimum atomic E-state index is -0.554. The fourth-order valence-corrected chi connectivity index (χ4v) is 3.70. The maximum absolute atomic E-state index is 14.1. The molecule has 1 aromatic rings. The first-order valence-corrected chi connectivity index (χ1v) is 10.3. The highest BCUT2D eigenvalue weighted by Gasteiger charge is 2.38. The van der Waals surface area contributed by atoms with E-state index in [2.05, 4.69) is 26.4 Å². The third-order valence-corrected chi connectivity index (χ3v) is 5.46. The second-order valence-electron chi connectivity index (χ2n) is 7.63. The number of benzene rings is 1. The quantitative estimate of drug-likeness (QED) is 0.407. The zero-order chi connectivity index (χ0) is 21.5. The van der Waals surface area contributed by atoms with Crippen LogP contribution in [0.3, 0.4) is 0 Å². The van der Waals surface area contributed by atoms with Crippen molar-refractivity contribution in [3.63, 3.8) is 0 Å². The molecule has 5 rings (SSSR count). The number of amidine groups is 1. The van der Waals surface area contributed by atoms with Crippen LogP contribution in [0, 0.1) is 11.7 Å². The SMILES string of the molecule is O=C1NC(=O)/C(=C/C2C=NN3C(=NC4CC4)C=C(NCc4cc(Cl)ccc4F)NC23)N1. The number of aliphatic imine (C=N–C) groups is 1. The summed E-state index contributed by atoms with van der Waals surface area (Å²) < 4.78 is 14.1. The van der Waals surface area contributed by atoms with E-state index >= 15 is 0 Å².